The summed E-state index contributed by atoms with van der Waals surface area (Å²) in [7, 11) is 1.88. The van der Waals surface area contributed by atoms with Gasteiger partial charge in [-0.25, -0.2) is 0 Å². The highest BCUT2D eigenvalue weighted by molar-refractivity contribution is 5.76. The summed E-state index contributed by atoms with van der Waals surface area (Å²) in [5.41, 5.74) is 3.62. The molecule has 4 heteroatoms. The van der Waals surface area contributed by atoms with E-state index in [4.69, 9.17) is 0 Å². The van der Waals surface area contributed by atoms with Crippen molar-refractivity contribution in [3.8, 4) is 0 Å². The lowest BCUT2D eigenvalue weighted by Crippen LogP contribution is -2.42. The average Bonchev–Trinajstić information content (AvgIpc) is 3.21. The fourth-order valence-electron chi connectivity index (χ4n) is 5.20. The van der Waals surface area contributed by atoms with E-state index in [1.807, 2.05) is 36.2 Å². The number of hydrogen-bond donors (Lipinski definition) is 2. The number of hydrogen-bond acceptors (Lipinski definition) is 3. The molecule has 0 saturated heterocycles. The van der Waals surface area contributed by atoms with Crippen LogP contribution in [0.2, 0.25) is 0 Å². The van der Waals surface area contributed by atoms with Crippen LogP contribution in [0, 0.1) is 24.7 Å². The second kappa shape index (κ2) is 10.4. The van der Waals surface area contributed by atoms with Gasteiger partial charge in [-0.3, -0.25) is 4.79 Å². The molecule has 176 valence electrons. The number of rotatable bonds is 8. The fraction of sp³-hybridized carbons (Fsp3) is 0.607. The Balaban J connectivity index is 1.49. The van der Waals surface area contributed by atoms with Crippen LogP contribution in [0.5, 0.6) is 0 Å². The minimum atomic E-state index is -0.539. The standard InChI is InChI=1S/C28H41NO3/c1-19-8-6-9-20(14-19)16-23(30)12-13-24-25-17-21(15-22(25)18-26(24)31)10-7-11-27(32)29(5)28(2,3)4/h6,8-9,12-15,22-26,30-31H,7,10-11,16-18H2,1-5H3/b13-12+/t22-,23-,24+,25-,26+/m0/s1. The Kier molecular flexibility index (Phi) is 8.00. The van der Waals surface area contributed by atoms with Gasteiger partial charge in [0.25, 0.3) is 0 Å². The van der Waals surface area contributed by atoms with Gasteiger partial charge in [-0.1, -0.05) is 53.6 Å². The number of aliphatic hydroxyl groups is 2. The van der Waals surface area contributed by atoms with E-state index in [0.717, 1.165) is 31.2 Å². The van der Waals surface area contributed by atoms with E-state index in [2.05, 4.69) is 45.9 Å². The molecule has 2 aliphatic carbocycles. The number of carbonyl (C=O) groups is 1. The summed E-state index contributed by atoms with van der Waals surface area (Å²) >= 11 is 0. The molecule has 2 N–H and O–H groups in total. The monoisotopic (exact) mass is 439 g/mol. The van der Waals surface area contributed by atoms with Crippen molar-refractivity contribution < 1.29 is 15.0 Å². The Morgan fingerprint density at radius 3 is 2.75 bits per heavy atom. The first kappa shape index (κ1) is 24.7. The third kappa shape index (κ3) is 6.32. The maximum Gasteiger partial charge on any atom is 0.222 e. The van der Waals surface area contributed by atoms with E-state index in [-0.39, 0.29) is 23.5 Å². The van der Waals surface area contributed by atoms with Crippen molar-refractivity contribution in [1.29, 1.82) is 0 Å². The molecule has 1 saturated carbocycles. The van der Waals surface area contributed by atoms with Gasteiger partial charge in [0.15, 0.2) is 0 Å². The summed E-state index contributed by atoms with van der Waals surface area (Å²) in [6.45, 7) is 8.23. The van der Waals surface area contributed by atoms with Crippen molar-refractivity contribution >= 4 is 5.91 Å². The van der Waals surface area contributed by atoms with Crippen LogP contribution >= 0.6 is 0 Å². The highest BCUT2D eigenvalue weighted by Crippen LogP contribution is 2.48. The van der Waals surface area contributed by atoms with Crippen molar-refractivity contribution in [2.75, 3.05) is 7.05 Å². The summed E-state index contributed by atoms with van der Waals surface area (Å²) in [4.78, 5) is 14.2. The molecule has 3 rings (SSSR count). The molecular formula is C28H41NO3. The van der Waals surface area contributed by atoms with Gasteiger partial charge >= 0.3 is 0 Å². The molecule has 1 aromatic rings. The van der Waals surface area contributed by atoms with Crippen LogP contribution in [0.25, 0.3) is 0 Å². The third-order valence-electron chi connectivity index (χ3n) is 7.30. The first-order valence-corrected chi connectivity index (χ1v) is 12.1. The van der Waals surface area contributed by atoms with E-state index in [1.165, 1.54) is 11.1 Å². The lowest BCUT2D eigenvalue weighted by molar-refractivity contribution is -0.134. The maximum atomic E-state index is 12.4. The molecule has 0 aliphatic heterocycles. The number of aryl methyl sites for hydroxylation is 1. The predicted octanol–water partition coefficient (Wildman–Crippen LogP) is 4.83. The summed E-state index contributed by atoms with van der Waals surface area (Å²) in [6.07, 6.45) is 10.2. The summed E-state index contributed by atoms with van der Waals surface area (Å²) in [5.74, 6) is 1.12. The molecule has 0 aromatic heterocycles. The van der Waals surface area contributed by atoms with Crippen molar-refractivity contribution in [2.45, 2.75) is 84.0 Å². The normalized spacial score (nSPS) is 26.3. The Labute approximate surface area is 194 Å². The van der Waals surface area contributed by atoms with Gasteiger partial charge in [0.05, 0.1) is 12.2 Å². The van der Waals surface area contributed by atoms with E-state index in [9.17, 15) is 15.0 Å². The highest BCUT2D eigenvalue weighted by atomic mass is 16.3. The quantitative estimate of drug-likeness (QED) is 0.571. The minimum absolute atomic E-state index is 0.0922. The van der Waals surface area contributed by atoms with Gasteiger partial charge in [-0.05, 0) is 70.8 Å². The second-order valence-corrected chi connectivity index (χ2v) is 10.9. The molecule has 0 unspecified atom stereocenters. The Hall–Kier alpha value is -1.91. The molecule has 0 spiro atoms. The van der Waals surface area contributed by atoms with Gasteiger partial charge in [0, 0.05) is 31.3 Å². The van der Waals surface area contributed by atoms with Crippen LogP contribution in [-0.4, -0.2) is 45.8 Å². The molecular weight excluding hydrogens is 398 g/mol. The topological polar surface area (TPSA) is 60.8 Å². The maximum absolute atomic E-state index is 12.4. The number of allylic oxidation sites excluding steroid dienone is 2. The van der Waals surface area contributed by atoms with Gasteiger partial charge in [-0.15, -0.1) is 0 Å². The van der Waals surface area contributed by atoms with Crippen LogP contribution in [0.1, 0.15) is 64.0 Å². The van der Waals surface area contributed by atoms with Gasteiger partial charge in [0.2, 0.25) is 5.91 Å². The van der Waals surface area contributed by atoms with E-state index >= 15 is 0 Å². The summed E-state index contributed by atoms with van der Waals surface area (Å²) in [6, 6.07) is 8.23. The molecule has 0 heterocycles. The SMILES string of the molecule is Cc1cccc(C[C@@H](O)/C=C/[C@@H]2[C@H]3CC(CCCC(=O)N(C)C(C)(C)C)=C[C@H]3C[C@H]2O)c1. The van der Waals surface area contributed by atoms with Crippen molar-refractivity contribution in [2.24, 2.45) is 17.8 Å². The van der Waals surface area contributed by atoms with E-state index in [0.29, 0.717) is 24.7 Å². The molecule has 1 amide bonds. The zero-order valence-corrected chi connectivity index (χ0v) is 20.4. The lowest BCUT2D eigenvalue weighted by Gasteiger charge is -2.32. The number of amides is 1. The van der Waals surface area contributed by atoms with E-state index in [1.54, 1.807) is 0 Å². The average molecular weight is 440 g/mol. The lowest BCUT2D eigenvalue weighted by atomic mass is 9.88. The smallest absolute Gasteiger partial charge is 0.222 e. The first-order chi connectivity index (χ1) is 15.0. The number of nitrogens with zero attached hydrogens (tertiary/aromatic N) is 1. The Morgan fingerprint density at radius 1 is 1.31 bits per heavy atom. The van der Waals surface area contributed by atoms with Crippen LogP contribution in [0.3, 0.4) is 0 Å². The van der Waals surface area contributed by atoms with Crippen LogP contribution in [0.4, 0.5) is 0 Å². The molecule has 2 aliphatic rings. The number of carbonyl (C=O) groups excluding carboxylic acids is 1. The zero-order valence-electron chi connectivity index (χ0n) is 20.4. The Bertz CT molecular complexity index is 850. The Morgan fingerprint density at radius 2 is 2.06 bits per heavy atom. The first-order valence-electron chi connectivity index (χ1n) is 12.1. The zero-order chi connectivity index (χ0) is 23.5. The molecule has 32 heavy (non-hydrogen) atoms. The van der Waals surface area contributed by atoms with Crippen LogP contribution in [0.15, 0.2) is 48.1 Å². The molecule has 0 bridgehead atoms. The van der Waals surface area contributed by atoms with Crippen LogP contribution in [-0.2, 0) is 11.2 Å². The number of benzene rings is 1. The van der Waals surface area contributed by atoms with Crippen molar-refractivity contribution in [1.82, 2.24) is 4.90 Å². The predicted molar refractivity (Wildman–Crippen MR) is 130 cm³/mol. The molecule has 1 aromatic carbocycles. The minimum Gasteiger partial charge on any atom is -0.392 e. The molecule has 5 atom stereocenters. The van der Waals surface area contributed by atoms with Gasteiger partial charge in [0.1, 0.15) is 0 Å². The van der Waals surface area contributed by atoms with Crippen LogP contribution < -0.4 is 0 Å². The fourth-order valence-corrected chi connectivity index (χ4v) is 5.20. The van der Waals surface area contributed by atoms with E-state index < -0.39 is 6.10 Å². The molecule has 1 fully saturated rings. The molecule has 0 radical (unpaired) electrons. The van der Waals surface area contributed by atoms with Gasteiger partial charge in [-0.2, -0.15) is 0 Å². The number of aliphatic hydroxyl groups excluding tert-OH is 2. The summed E-state index contributed by atoms with van der Waals surface area (Å²) in [5, 5.41) is 21.1. The number of fused-ring (bicyclic) bond motifs is 1. The van der Waals surface area contributed by atoms with Crippen molar-refractivity contribution in [3.05, 3.63) is 59.2 Å². The second-order valence-electron chi connectivity index (χ2n) is 10.9. The molecule has 4 nitrogen and oxygen atoms in total. The third-order valence-corrected chi connectivity index (χ3v) is 7.30. The summed E-state index contributed by atoms with van der Waals surface area (Å²) < 4.78 is 0. The largest absolute Gasteiger partial charge is 0.392 e. The highest BCUT2D eigenvalue weighted by Gasteiger charge is 2.43. The van der Waals surface area contributed by atoms with Crippen molar-refractivity contribution in [3.63, 3.8) is 0 Å². The van der Waals surface area contributed by atoms with Gasteiger partial charge < -0.3 is 15.1 Å².